The number of nitrogens with one attached hydrogen (secondary N) is 1. The smallest absolute Gasteiger partial charge is 0.0788 e. The van der Waals surface area contributed by atoms with E-state index in [9.17, 15) is 0 Å². The Bertz CT molecular complexity index is 212. The average Bonchev–Trinajstić information content (AvgIpc) is 2.28. The van der Waals surface area contributed by atoms with Gasteiger partial charge in [0.25, 0.3) is 0 Å². The third-order valence-corrected chi connectivity index (χ3v) is 1.56. The van der Waals surface area contributed by atoms with Crippen molar-refractivity contribution in [2.45, 2.75) is 13.5 Å². The minimum atomic E-state index is 0.651. The third kappa shape index (κ3) is 2.03. The predicted octanol–water partition coefficient (Wildman–Crippen LogP) is 0.380. The van der Waals surface area contributed by atoms with Crippen LogP contribution in [0.5, 0.6) is 0 Å². The second-order valence-corrected chi connectivity index (χ2v) is 2.43. The van der Waals surface area contributed by atoms with Crippen LogP contribution >= 0.6 is 0 Å². The molecule has 1 aromatic rings. The molecule has 0 fully saturated rings. The zero-order valence-electron chi connectivity index (χ0n) is 7.09. The van der Waals surface area contributed by atoms with Gasteiger partial charge in [-0.25, -0.2) is 0 Å². The third-order valence-electron chi connectivity index (χ3n) is 1.56. The molecular weight excluding hydrogens is 142 g/mol. The molecule has 1 N–H and O–H groups in total. The van der Waals surface area contributed by atoms with Gasteiger partial charge < -0.3 is 4.84 Å². The van der Waals surface area contributed by atoms with E-state index >= 15 is 0 Å². The van der Waals surface area contributed by atoms with Crippen LogP contribution in [0.3, 0.4) is 0 Å². The van der Waals surface area contributed by atoms with Crippen molar-refractivity contribution in [3.8, 4) is 0 Å². The molecular formula is C7H13N3O. The highest BCUT2D eigenvalue weighted by Crippen LogP contribution is 1.99. The van der Waals surface area contributed by atoms with E-state index in [1.165, 1.54) is 0 Å². The topological polar surface area (TPSA) is 39.1 Å². The summed E-state index contributed by atoms with van der Waals surface area (Å²) >= 11 is 0. The van der Waals surface area contributed by atoms with Crippen LogP contribution in [0.4, 0.5) is 0 Å². The van der Waals surface area contributed by atoms with Gasteiger partial charge in [0.15, 0.2) is 0 Å². The molecule has 0 bridgehead atoms. The summed E-state index contributed by atoms with van der Waals surface area (Å²) in [6.07, 6.45) is 0. The maximum absolute atomic E-state index is 4.70. The number of hydroxylamine groups is 1. The Hall–Kier alpha value is -0.870. The quantitative estimate of drug-likeness (QED) is 0.641. The molecule has 0 unspecified atom stereocenters. The SMILES string of the molecule is CONCc1cc(C)n(C)n1. The summed E-state index contributed by atoms with van der Waals surface area (Å²) in [7, 11) is 3.52. The number of aromatic nitrogens is 2. The monoisotopic (exact) mass is 155 g/mol. The molecule has 0 aromatic carbocycles. The van der Waals surface area contributed by atoms with E-state index in [2.05, 4.69) is 10.6 Å². The fourth-order valence-corrected chi connectivity index (χ4v) is 0.867. The molecule has 0 aliphatic rings. The predicted molar refractivity (Wildman–Crippen MR) is 41.8 cm³/mol. The lowest BCUT2D eigenvalue weighted by Gasteiger charge is -1.95. The summed E-state index contributed by atoms with van der Waals surface area (Å²) < 4.78 is 1.84. The van der Waals surface area contributed by atoms with E-state index < -0.39 is 0 Å². The molecule has 1 rings (SSSR count). The standard InChI is InChI=1S/C7H13N3O/c1-6-4-7(5-8-11-3)9-10(6)2/h4,8H,5H2,1-3H3. The summed E-state index contributed by atoms with van der Waals surface area (Å²) in [6, 6.07) is 2.02. The maximum Gasteiger partial charge on any atom is 0.0788 e. The van der Waals surface area contributed by atoms with Gasteiger partial charge >= 0.3 is 0 Å². The first-order valence-corrected chi connectivity index (χ1v) is 3.49. The Morgan fingerprint density at radius 3 is 2.91 bits per heavy atom. The first kappa shape index (κ1) is 8.23. The van der Waals surface area contributed by atoms with E-state index in [0.29, 0.717) is 6.54 Å². The van der Waals surface area contributed by atoms with Crippen molar-refractivity contribution >= 4 is 0 Å². The molecule has 0 aliphatic carbocycles. The normalized spacial score (nSPS) is 10.5. The van der Waals surface area contributed by atoms with Gasteiger partial charge in [0.2, 0.25) is 0 Å². The van der Waals surface area contributed by atoms with Crippen LogP contribution in [0, 0.1) is 6.92 Å². The summed E-state index contributed by atoms with van der Waals surface area (Å²) in [4.78, 5) is 4.70. The van der Waals surface area contributed by atoms with Gasteiger partial charge in [0.1, 0.15) is 0 Å². The summed E-state index contributed by atoms with van der Waals surface area (Å²) in [5, 5.41) is 4.22. The molecule has 0 radical (unpaired) electrons. The fourth-order valence-electron chi connectivity index (χ4n) is 0.867. The van der Waals surface area contributed by atoms with Crippen molar-refractivity contribution in [2.24, 2.45) is 7.05 Å². The van der Waals surface area contributed by atoms with Crippen molar-refractivity contribution in [3.63, 3.8) is 0 Å². The lowest BCUT2D eigenvalue weighted by molar-refractivity contribution is 0.0857. The van der Waals surface area contributed by atoms with Gasteiger partial charge in [-0.3, -0.25) is 4.68 Å². The van der Waals surface area contributed by atoms with Crippen LogP contribution in [0.15, 0.2) is 6.07 Å². The van der Waals surface area contributed by atoms with E-state index in [4.69, 9.17) is 4.84 Å². The minimum absolute atomic E-state index is 0.651. The van der Waals surface area contributed by atoms with Crippen LogP contribution in [0.25, 0.3) is 0 Å². The van der Waals surface area contributed by atoms with Gasteiger partial charge in [-0.2, -0.15) is 10.6 Å². The number of rotatable bonds is 3. The minimum Gasteiger partial charge on any atom is -0.305 e. The van der Waals surface area contributed by atoms with E-state index in [1.807, 2.05) is 24.7 Å². The molecule has 0 saturated heterocycles. The van der Waals surface area contributed by atoms with Crippen LogP contribution in [-0.2, 0) is 18.4 Å². The van der Waals surface area contributed by atoms with Crippen molar-refractivity contribution in [1.29, 1.82) is 0 Å². The highest BCUT2D eigenvalue weighted by molar-refractivity contribution is 5.07. The van der Waals surface area contributed by atoms with Crippen LogP contribution in [0.1, 0.15) is 11.4 Å². The molecule has 1 aromatic heterocycles. The molecule has 1 heterocycles. The molecule has 0 aliphatic heterocycles. The van der Waals surface area contributed by atoms with Crippen molar-refractivity contribution in [3.05, 3.63) is 17.5 Å². The summed E-state index contributed by atoms with van der Waals surface area (Å²) in [5.41, 5.74) is 4.87. The number of aryl methyl sites for hydroxylation is 2. The highest BCUT2D eigenvalue weighted by atomic mass is 16.6. The Morgan fingerprint density at radius 2 is 2.45 bits per heavy atom. The Morgan fingerprint density at radius 1 is 1.73 bits per heavy atom. The molecule has 4 nitrogen and oxygen atoms in total. The Balaban J connectivity index is 2.58. The Kier molecular flexibility index (Phi) is 2.62. The largest absolute Gasteiger partial charge is 0.305 e. The second-order valence-electron chi connectivity index (χ2n) is 2.43. The Labute approximate surface area is 66.1 Å². The first-order chi connectivity index (χ1) is 5.24. The molecule has 4 heteroatoms. The maximum atomic E-state index is 4.70. The fraction of sp³-hybridized carbons (Fsp3) is 0.571. The first-order valence-electron chi connectivity index (χ1n) is 3.49. The molecule has 62 valence electrons. The second kappa shape index (κ2) is 3.50. The zero-order valence-corrected chi connectivity index (χ0v) is 7.09. The molecule has 0 atom stereocenters. The van der Waals surface area contributed by atoms with E-state index in [1.54, 1.807) is 7.11 Å². The molecule has 0 spiro atoms. The number of nitrogens with zero attached hydrogens (tertiary/aromatic N) is 2. The molecule has 11 heavy (non-hydrogen) atoms. The van der Waals surface area contributed by atoms with Gasteiger partial charge in [0.05, 0.1) is 19.3 Å². The number of hydrogen-bond acceptors (Lipinski definition) is 3. The number of hydrogen-bond donors (Lipinski definition) is 1. The van der Waals surface area contributed by atoms with Gasteiger partial charge in [-0.05, 0) is 13.0 Å². The van der Waals surface area contributed by atoms with Crippen LogP contribution < -0.4 is 5.48 Å². The average molecular weight is 155 g/mol. The lowest BCUT2D eigenvalue weighted by atomic mass is 10.4. The lowest BCUT2D eigenvalue weighted by Crippen LogP contribution is -2.11. The van der Waals surface area contributed by atoms with Gasteiger partial charge in [0, 0.05) is 12.7 Å². The summed E-state index contributed by atoms with van der Waals surface area (Å²) in [6.45, 7) is 2.67. The van der Waals surface area contributed by atoms with E-state index in [0.717, 1.165) is 11.4 Å². The van der Waals surface area contributed by atoms with E-state index in [-0.39, 0.29) is 0 Å². The van der Waals surface area contributed by atoms with Gasteiger partial charge in [-0.1, -0.05) is 0 Å². The zero-order chi connectivity index (χ0) is 8.27. The van der Waals surface area contributed by atoms with Crippen LogP contribution in [0.2, 0.25) is 0 Å². The summed E-state index contributed by atoms with van der Waals surface area (Å²) in [5.74, 6) is 0. The molecule has 0 saturated carbocycles. The van der Waals surface area contributed by atoms with Crippen molar-refractivity contribution in [2.75, 3.05) is 7.11 Å². The van der Waals surface area contributed by atoms with Crippen molar-refractivity contribution < 1.29 is 4.84 Å². The molecule has 0 amide bonds. The van der Waals surface area contributed by atoms with Crippen LogP contribution in [-0.4, -0.2) is 16.9 Å². The van der Waals surface area contributed by atoms with Gasteiger partial charge in [-0.15, -0.1) is 0 Å². The van der Waals surface area contributed by atoms with Crippen molar-refractivity contribution in [1.82, 2.24) is 15.3 Å². The highest BCUT2D eigenvalue weighted by Gasteiger charge is 1.98.